The number of nitrogens with zero attached hydrogens (tertiary/aromatic N) is 1. The standard InChI is InChI=1S/C20H21F3N2O4S/c1-29-18-5-3-2-4-17(18)15-10-11-25(12-15)30(27,28)16-8-6-14(7-9-16)19(26)24-13-20(21,22)23/h2-9,15H,10-13H2,1H3,(H,24,26). The quantitative estimate of drug-likeness (QED) is 0.746. The van der Waals surface area contributed by atoms with Gasteiger partial charge in [0.2, 0.25) is 10.0 Å². The molecule has 1 N–H and O–H groups in total. The minimum absolute atomic E-state index is 0.0108. The molecule has 1 fully saturated rings. The van der Waals surface area contributed by atoms with Crippen molar-refractivity contribution in [2.24, 2.45) is 0 Å². The van der Waals surface area contributed by atoms with Crippen LogP contribution in [0, 0.1) is 0 Å². The van der Waals surface area contributed by atoms with Crippen LogP contribution < -0.4 is 10.1 Å². The zero-order valence-corrected chi connectivity index (χ0v) is 17.0. The third kappa shape index (κ3) is 4.93. The van der Waals surface area contributed by atoms with Crippen LogP contribution in [0.2, 0.25) is 0 Å². The fourth-order valence-corrected chi connectivity index (χ4v) is 4.91. The first kappa shape index (κ1) is 22.1. The Kier molecular flexibility index (Phi) is 6.37. The van der Waals surface area contributed by atoms with Gasteiger partial charge in [-0.25, -0.2) is 8.42 Å². The predicted molar refractivity (Wildman–Crippen MR) is 104 cm³/mol. The smallest absolute Gasteiger partial charge is 0.405 e. The molecule has 2 aromatic rings. The molecule has 1 atom stereocenters. The van der Waals surface area contributed by atoms with E-state index < -0.39 is 28.7 Å². The largest absolute Gasteiger partial charge is 0.496 e. The highest BCUT2D eigenvalue weighted by Gasteiger charge is 2.34. The number of carbonyl (C=O) groups is 1. The van der Waals surface area contributed by atoms with Crippen molar-refractivity contribution in [1.82, 2.24) is 9.62 Å². The van der Waals surface area contributed by atoms with Crippen LogP contribution in [-0.2, 0) is 10.0 Å². The number of carbonyl (C=O) groups excluding carboxylic acids is 1. The summed E-state index contributed by atoms with van der Waals surface area (Å²) in [7, 11) is -2.23. The summed E-state index contributed by atoms with van der Waals surface area (Å²) in [5, 5.41) is 1.75. The third-order valence-electron chi connectivity index (χ3n) is 4.93. The lowest BCUT2D eigenvalue weighted by molar-refractivity contribution is -0.123. The molecule has 0 aliphatic carbocycles. The van der Waals surface area contributed by atoms with Gasteiger partial charge >= 0.3 is 6.18 Å². The van der Waals surface area contributed by atoms with Gasteiger partial charge < -0.3 is 10.1 Å². The summed E-state index contributed by atoms with van der Waals surface area (Å²) >= 11 is 0. The molecule has 0 aromatic heterocycles. The van der Waals surface area contributed by atoms with Crippen molar-refractivity contribution in [3.8, 4) is 5.75 Å². The number of methoxy groups -OCH3 is 1. The first-order chi connectivity index (χ1) is 14.1. The number of hydrogen-bond acceptors (Lipinski definition) is 4. The first-order valence-corrected chi connectivity index (χ1v) is 10.6. The molecule has 0 bridgehead atoms. The van der Waals surface area contributed by atoms with E-state index in [0.717, 1.165) is 5.56 Å². The second kappa shape index (κ2) is 8.65. The van der Waals surface area contributed by atoms with Crippen molar-refractivity contribution in [3.63, 3.8) is 0 Å². The van der Waals surface area contributed by atoms with E-state index in [-0.39, 0.29) is 22.9 Å². The Bertz CT molecular complexity index is 1010. The average molecular weight is 442 g/mol. The van der Waals surface area contributed by atoms with Crippen LogP contribution >= 0.6 is 0 Å². The number of alkyl halides is 3. The van der Waals surface area contributed by atoms with E-state index in [1.54, 1.807) is 12.4 Å². The van der Waals surface area contributed by atoms with E-state index in [0.29, 0.717) is 18.7 Å². The zero-order valence-electron chi connectivity index (χ0n) is 16.1. The lowest BCUT2D eigenvalue weighted by atomic mass is 9.97. The van der Waals surface area contributed by atoms with E-state index in [2.05, 4.69) is 0 Å². The van der Waals surface area contributed by atoms with E-state index in [1.807, 2.05) is 24.3 Å². The van der Waals surface area contributed by atoms with Crippen molar-refractivity contribution < 1.29 is 31.1 Å². The monoisotopic (exact) mass is 442 g/mol. The van der Waals surface area contributed by atoms with Crippen molar-refractivity contribution >= 4 is 15.9 Å². The highest BCUT2D eigenvalue weighted by Crippen LogP contribution is 2.35. The van der Waals surface area contributed by atoms with Crippen LogP contribution in [0.4, 0.5) is 13.2 Å². The Morgan fingerprint density at radius 2 is 1.83 bits per heavy atom. The molecule has 0 radical (unpaired) electrons. The molecule has 0 saturated carbocycles. The van der Waals surface area contributed by atoms with Crippen LogP contribution in [0.1, 0.15) is 28.3 Å². The summed E-state index contributed by atoms with van der Waals surface area (Å²) in [4.78, 5) is 11.8. The number of hydrogen-bond donors (Lipinski definition) is 1. The number of amides is 1. The highest BCUT2D eigenvalue weighted by atomic mass is 32.2. The van der Waals surface area contributed by atoms with Gasteiger partial charge in [-0.3, -0.25) is 4.79 Å². The van der Waals surface area contributed by atoms with Gasteiger partial charge in [0.15, 0.2) is 0 Å². The van der Waals surface area contributed by atoms with Crippen LogP contribution in [0.3, 0.4) is 0 Å². The normalized spacial score (nSPS) is 17.7. The van der Waals surface area contributed by atoms with E-state index in [1.165, 1.54) is 28.6 Å². The molecule has 6 nitrogen and oxygen atoms in total. The maximum atomic E-state index is 12.9. The fraction of sp³-hybridized carbons (Fsp3) is 0.350. The third-order valence-corrected chi connectivity index (χ3v) is 6.81. The number of sulfonamides is 1. The van der Waals surface area contributed by atoms with Gasteiger partial charge in [-0.05, 0) is 42.3 Å². The van der Waals surface area contributed by atoms with Crippen LogP contribution in [-0.4, -0.2) is 51.6 Å². The van der Waals surface area contributed by atoms with Gasteiger partial charge in [0, 0.05) is 24.6 Å². The van der Waals surface area contributed by atoms with Crippen molar-refractivity contribution in [3.05, 3.63) is 59.7 Å². The van der Waals surface area contributed by atoms with Crippen LogP contribution in [0.15, 0.2) is 53.4 Å². The average Bonchev–Trinajstić information content (AvgIpc) is 3.22. The Morgan fingerprint density at radius 1 is 1.17 bits per heavy atom. The maximum absolute atomic E-state index is 12.9. The van der Waals surface area contributed by atoms with E-state index in [4.69, 9.17) is 4.74 Å². The molecule has 3 rings (SSSR count). The molecule has 162 valence electrons. The molecule has 1 aliphatic heterocycles. The molecule has 1 unspecified atom stereocenters. The van der Waals surface area contributed by atoms with Gasteiger partial charge in [0.25, 0.3) is 5.91 Å². The Morgan fingerprint density at radius 3 is 2.47 bits per heavy atom. The number of rotatable bonds is 6. The van der Waals surface area contributed by atoms with Gasteiger partial charge in [0.1, 0.15) is 12.3 Å². The van der Waals surface area contributed by atoms with Crippen LogP contribution in [0.25, 0.3) is 0 Å². The van der Waals surface area contributed by atoms with Gasteiger partial charge in [-0.15, -0.1) is 0 Å². The topological polar surface area (TPSA) is 75.7 Å². The predicted octanol–water partition coefficient (Wildman–Crippen LogP) is 3.17. The summed E-state index contributed by atoms with van der Waals surface area (Å²) in [6.07, 6.45) is -3.88. The minimum atomic E-state index is -4.52. The fourth-order valence-electron chi connectivity index (χ4n) is 3.41. The summed E-state index contributed by atoms with van der Waals surface area (Å²) in [6, 6.07) is 12.3. The van der Waals surface area contributed by atoms with Gasteiger partial charge in [-0.1, -0.05) is 18.2 Å². The van der Waals surface area contributed by atoms with Crippen LogP contribution in [0.5, 0.6) is 5.75 Å². The Labute approximate surface area is 172 Å². The molecular formula is C20H21F3N2O4S. The first-order valence-electron chi connectivity index (χ1n) is 9.20. The van der Waals surface area contributed by atoms with Crippen molar-refractivity contribution in [1.29, 1.82) is 0 Å². The maximum Gasteiger partial charge on any atom is 0.405 e. The van der Waals surface area contributed by atoms with E-state index in [9.17, 15) is 26.4 Å². The van der Waals surface area contributed by atoms with Gasteiger partial charge in [-0.2, -0.15) is 17.5 Å². The number of halogens is 3. The van der Waals surface area contributed by atoms with Gasteiger partial charge in [0.05, 0.1) is 12.0 Å². The lowest BCUT2D eigenvalue weighted by Crippen LogP contribution is -2.33. The molecule has 1 aliphatic rings. The van der Waals surface area contributed by atoms with Crippen molar-refractivity contribution in [2.45, 2.75) is 23.4 Å². The number of para-hydroxylation sites is 1. The molecule has 2 aromatic carbocycles. The Balaban J connectivity index is 1.71. The molecule has 1 heterocycles. The minimum Gasteiger partial charge on any atom is -0.496 e. The number of ether oxygens (including phenoxy) is 1. The van der Waals surface area contributed by atoms with Crippen molar-refractivity contribution in [2.75, 3.05) is 26.7 Å². The molecule has 30 heavy (non-hydrogen) atoms. The SMILES string of the molecule is COc1ccccc1C1CCN(S(=O)(=O)c2ccc(C(=O)NCC(F)(F)F)cc2)C1. The Hall–Kier alpha value is -2.59. The molecule has 10 heteroatoms. The molecule has 0 spiro atoms. The summed E-state index contributed by atoms with van der Waals surface area (Å²) in [5.74, 6) is -0.229. The second-order valence-corrected chi connectivity index (χ2v) is 8.85. The number of nitrogens with one attached hydrogen (secondary N) is 1. The summed E-state index contributed by atoms with van der Waals surface area (Å²) in [6.45, 7) is -0.834. The zero-order chi connectivity index (χ0) is 21.9. The molecular weight excluding hydrogens is 421 g/mol. The summed E-state index contributed by atoms with van der Waals surface area (Å²) < 4.78 is 69.3. The second-order valence-electron chi connectivity index (χ2n) is 6.91. The molecule has 1 saturated heterocycles. The lowest BCUT2D eigenvalue weighted by Gasteiger charge is -2.18. The van der Waals surface area contributed by atoms with E-state index >= 15 is 0 Å². The summed E-state index contributed by atoms with van der Waals surface area (Å²) in [5.41, 5.74) is 0.890. The molecule has 1 amide bonds. The highest BCUT2D eigenvalue weighted by molar-refractivity contribution is 7.89. The number of benzene rings is 2.